The lowest BCUT2D eigenvalue weighted by Gasteiger charge is -2.24. The van der Waals surface area contributed by atoms with Gasteiger partial charge in [-0.15, -0.1) is 0 Å². The van der Waals surface area contributed by atoms with Gasteiger partial charge in [0.25, 0.3) is 5.91 Å². The fourth-order valence-electron chi connectivity index (χ4n) is 4.33. The third-order valence-electron chi connectivity index (χ3n) is 5.84. The van der Waals surface area contributed by atoms with Crippen molar-refractivity contribution < 1.29 is 4.79 Å². The third-order valence-corrected chi connectivity index (χ3v) is 6.09. The van der Waals surface area contributed by atoms with Gasteiger partial charge in [-0.1, -0.05) is 23.7 Å². The quantitative estimate of drug-likeness (QED) is 0.525. The molecular weight excluding hydrogens is 412 g/mol. The topological polar surface area (TPSA) is 77.1 Å². The van der Waals surface area contributed by atoms with Gasteiger partial charge in [-0.25, -0.2) is 9.50 Å². The maximum Gasteiger partial charge on any atom is 0.257 e. The lowest BCUT2D eigenvalue weighted by molar-refractivity contribution is 0.0934. The van der Waals surface area contributed by atoms with Crippen LogP contribution in [0.25, 0.3) is 5.65 Å². The lowest BCUT2D eigenvalue weighted by Crippen LogP contribution is -2.31. The van der Waals surface area contributed by atoms with Crippen LogP contribution in [0.2, 0.25) is 5.02 Å². The molecule has 1 aromatic carbocycles. The van der Waals surface area contributed by atoms with Crippen molar-refractivity contribution in [1.82, 2.24) is 29.7 Å². The average molecular weight is 435 g/mol. The molecule has 0 spiro atoms. The van der Waals surface area contributed by atoms with E-state index in [-0.39, 0.29) is 11.9 Å². The van der Waals surface area contributed by atoms with E-state index in [9.17, 15) is 4.79 Å². The van der Waals surface area contributed by atoms with Crippen LogP contribution in [0.1, 0.15) is 57.5 Å². The van der Waals surface area contributed by atoms with Crippen LogP contribution in [-0.4, -0.2) is 30.3 Å². The molecule has 5 rings (SSSR count). The predicted octanol–water partition coefficient (Wildman–Crippen LogP) is 4.05. The molecule has 0 unspecified atom stereocenters. The lowest BCUT2D eigenvalue weighted by atomic mass is 9.92. The van der Waals surface area contributed by atoms with E-state index in [2.05, 4.69) is 20.5 Å². The maximum absolute atomic E-state index is 13.1. The summed E-state index contributed by atoms with van der Waals surface area (Å²) in [7, 11) is 0. The van der Waals surface area contributed by atoms with Crippen molar-refractivity contribution in [1.29, 1.82) is 0 Å². The molecule has 1 N–H and O–H groups in total. The molecule has 4 aromatic rings. The highest BCUT2D eigenvalue weighted by molar-refractivity contribution is 6.30. The summed E-state index contributed by atoms with van der Waals surface area (Å²) in [5.41, 5.74) is 6.30. The van der Waals surface area contributed by atoms with Gasteiger partial charge in [-0.05, 0) is 56.9 Å². The van der Waals surface area contributed by atoms with Crippen LogP contribution in [0.4, 0.5) is 0 Å². The number of rotatable bonds is 4. The van der Waals surface area contributed by atoms with Crippen molar-refractivity contribution in [2.24, 2.45) is 0 Å². The molecular formula is C23H23ClN6O. The number of nitrogens with zero attached hydrogens (tertiary/aromatic N) is 5. The Kier molecular flexibility index (Phi) is 4.98. The normalized spacial score (nSPS) is 15.8. The van der Waals surface area contributed by atoms with Gasteiger partial charge in [0.05, 0.1) is 25.0 Å². The van der Waals surface area contributed by atoms with Crippen LogP contribution >= 0.6 is 11.6 Å². The average Bonchev–Trinajstić information content (AvgIpc) is 3.35. The van der Waals surface area contributed by atoms with Gasteiger partial charge in [-0.2, -0.15) is 10.2 Å². The second-order valence-electron chi connectivity index (χ2n) is 8.08. The van der Waals surface area contributed by atoms with E-state index in [1.165, 1.54) is 5.69 Å². The zero-order valence-corrected chi connectivity index (χ0v) is 18.2. The molecule has 158 valence electrons. The van der Waals surface area contributed by atoms with E-state index in [1.807, 2.05) is 55.1 Å². The Morgan fingerprint density at radius 1 is 1.19 bits per heavy atom. The van der Waals surface area contributed by atoms with Crippen molar-refractivity contribution >= 4 is 23.2 Å². The highest BCUT2D eigenvalue weighted by Crippen LogP contribution is 2.30. The number of hydrogen-bond acceptors (Lipinski definition) is 4. The first kappa shape index (κ1) is 19.8. The van der Waals surface area contributed by atoms with Crippen LogP contribution in [0, 0.1) is 13.8 Å². The largest absolute Gasteiger partial charge is 0.345 e. The second-order valence-corrected chi connectivity index (χ2v) is 8.52. The molecule has 7 nitrogen and oxygen atoms in total. The molecule has 0 saturated carbocycles. The van der Waals surface area contributed by atoms with Crippen LogP contribution in [0.3, 0.4) is 0 Å². The SMILES string of the molecule is Cc1cc(C)n2ncc(C(=O)N[C@@H]3CCCc4c3cnn4Cc3ccc(Cl)cc3)c2n1. The summed E-state index contributed by atoms with van der Waals surface area (Å²) in [6, 6.07) is 9.69. The van der Waals surface area contributed by atoms with Crippen molar-refractivity contribution in [3.63, 3.8) is 0 Å². The summed E-state index contributed by atoms with van der Waals surface area (Å²) in [5, 5.41) is 12.9. The fourth-order valence-corrected chi connectivity index (χ4v) is 4.46. The van der Waals surface area contributed by atoms with Gasteiger partial charge in [-0.3, -0.25) is 9.48 Å². The summed E-state index contributed by atoms with van der Waals surface area (Å²) in [6.45, 7) is 4.56. The van der Waals surface area contributed by atoms with E-state index in [4.69, 9.17) is 11.6 Å². The molecule has 0 bridgehead atoms. The van der Waals surface area contributed by atoms with Crippen LogP contribution < -0.4 is 5.32 Å². The number of amides is 1. The number of carbonyl (C=O) groups is 1. The first-order valence-electron chi connectivity index (χ1n) is 10.4. The molecule has 31 heavy (non-hydrogen) atoms. The van der Waals surface area contributed by atoms with Crippen molar-refractivity contribution in [3.05, 3.63) is 81.5 Å². The molecule has 0 aliphatic heterocycles. The Bertz CT molecular complexity index is 1270. The van der Waals surface area contributed by atoms with E-state index < -0.39 is 0 Å². The fraction of sp³-hybridized carbons (Fsp3) is 0.304. The first-order valence-corrected chi connectivity index (χ1v) is 10.8. The molecule has 1 aliphatic carbocycles. The van der Waals surface area contributed by atoms with Crippen molar-refractivity contribution in [2.75, 3.05) is 0 Å². The smallest absolute Gasteiger partial charge is 0.257 e. The molecule has 3 heterocycles. The van der Waals surface area contributed by atoms with E-state index in [0.717, 1.165) is 46.8 Å². The number of nitrogens with one attached hydrogen (secondary N) is 1. The van der Waals surface area contributed by atoms with E-state index >= 15 is 0 Å². The minimum atomic E-state index is -0.157. The Labute approximate surface area is 185 Å². The van der Waals surface area contributed by atoms with Gasteiger partial charge in [0.15, 0.2) is 5.65 Å². The summed E-state index contributed by atoms with van der Waals surface area (Å²) in [4.78, 5) is 17.6. The molecule has 0 saturated heterocycles. The van der Waals surface area contributed by atoms with E-state index in [0.29, 0.717) is 17.8 Å². The first-order chi connectivity index (χ1) is 15.0. The monoisotopic (exact) mass is 434 g/mol. The molecule has 0 fully saturated rings. The minimum Gasteiger partial charge on any atom is -0.345 e. The zero-order valence-electron chi connectivity index (χ0n) is 17.5. The summed E-state index contributed by atoms with van der Waals surface area (Å²) >= 11 is 6.00. The summed E-state index contributed by atoms with van der Waals surface area (Å²) in [5.74, 6) is -0.157. The molecule has 8 heteroatoms. The Hall–Kier alpha value is -3.19. The number of benzene rings is 1. The van der Waals surface area contributed by atoms with Crippen LogP contribution in [0.5, 0.6) is 0 Å². The van der Waals surface area contributed by atoms with Gasteiger partial charge >= 0.3 is 0 Å². The highest BCUT2D eigenvalue weighted by Gasteiger charge is 2.27. The Morgan fingerprint density at radius 3 is 2.81 bits per heavy atom. The van der Waals surface area contributed by atoms with E-state index in [1.54, 1.807) is 10.7 Å². The Morgan fingerprint density at radius 2 is 2.00 bits per heavy atom. The standard InChI is InChI=1S/C23H23ClN6O/c1-14-10-15(2)30-22(27-14)19(12-26-30)23(31)28-20-4-3-5-21-18(20)11-25-29(21)13-16-6-8-17(24)9-7-16/h6-12,20H,3-5,13H2,1-2H3,(H,28,31)/t20-/m1/s1. The zero-order chi connectivity index (χ0) is 21.5. The molecule has 1 atom stereocenters. The van der Waals surface area contributed by atoms with Crippen LogP contribution in [-0.2, 0) is 13.0 Å². The number of hydrogen-bond donors (Lipinski definition) is 1. The van der Waals surface area contributed by atoms with Gasteiger partial charge in [0.1, 0.15) is 5.56 Å². The highest BCUT2D eigenvalue weighted by atomic mass is 35.5. The Balaban J connectivity index is 1.39. The number of aromatic nitrogens is 5. The summed E-state index contributed by atoms with van der Waals surface area (Å²) < 4.78 is 3.73. The third kappa shape index (κ3) is 3.70. The molecule has 0 radical (unpaired) electrons. The van der Waals surface area contributed by atoms with Gasteiger partial charge in [0, 0.05) is 27.7 Å². The van der Waals surface area contributed by atoms with Gasteiger partial charge < -0.3 is 5.32 Å². The number of fused-ring (bicyclic) bond motifs is 2. The number of aryl methyl sites for hydroxylation is 2. The van der Waals surface area contributed by atoms with Crippen LogP contribution in [0.15, 0.2) is 42.7 Å². The van der Waals surface area contributed by atoms with Gasteiger partial charge in [0.2, 0.25) is 0 Å². The predicted molar refractivity (Wildman–Crippen MR) is 118 cm³/mol. The molecule has 3 aromatic heterocycles. The number of halogens is 1. The molecule has 1 aliphatic rings. The summed E-state index contributed by atoms with van der Waals surface area (Å²) in [6.07, 6.45) is 6.31. The van der Waals surface area contributed by atoms with Crippen molar-refractivity contribution in [3.8, 4) is 0 Å². The molecule has 1 amide bonds. The van der Waals surface area contributed by atoms with Crippen molar-refractivity contribution in [2.45, 2.75) is 45.7 Å². The maximum atomic E-state index is 13.1. The minimum absolute atomic E-state index is 0.0731. The number of carbonyl (C=O) groups excluding carboxylic acids is 1. The second kappa shape index (κ2) is 7.81.